The maximum atomic E-state index is 13.8. The molecule has 3 rings (SSSR count). The molecule has 1 aromatic heterocycles. The van der Waals surface area contributed by atoms with Gasteiger partial charge in [0.1, 0.15) is 5.82 Å². The van der Waals surface area contributed by atoms with Gasteiger partial charge in [0.15, 0.2) is 0 Å². The fourth-order valence-corrected chi connectivity index (χ4v) is 5.29. The molecule has 39 heavy (non-hydrogen) atoms. The number of benzene rings is 2. The Morgan fingerprint density at radius 1 is 0.821 bits per heavy atom. The van der Waals surface area contributed by atoms with Crippen LogP contribution in [0, 0.1) is 0 Å². The highest BCUT2D eigenvalue weighted by molar-refractivity contribution is 5.79. The van der Waals surface area contributed by atoms with Crippen LogP contribution in [0.1, 0.15) is 122 Å². The van der Waals surface area contributed by atoms with Crippen molar-refractivity contribution in [1.82, 2.24) is 14.5 Å². The van der Waals surface area contributed by atoms with Crippen molar-refractivity contribution in [2.45, 2.75) is 117 Å². The summed E-state index contributed by atoms with van der Waals surface area (Å²) in [6.07, 6.45) is 14.5. The quantitative estimate of drug-likeness (QED) is 0.164. The van der Waals surface area contributed by atoms with Crippen molar-refractivity contribution in [2.24, 2.45) is 0 Å². The predicted molar refractivity (Wildman–Crippen MR) is 164 cm³/mol. The Balaban J connectivity index is 1.82. The van der Waals surface area contributed by atoms with Gasteiger partial charge in [-0.3, -0.25) is 14.2 Å². The topological polar surface area (TPSA) is 55.2 Å². The number of para-hydroxylation sites is 1. The van der Waals surface area contributed by atoms with E-state index in [0.29, 0.717) is 29.7 Å². The molecule has 5 nitrogen and oxygen atoms in total. The third-order valence-corrected chi connectivity index (χ3v) is 7.81. The SMILES string of the molecule is CCCCCCCCCCCC(=O)N(CCCC)C(C)c1nc2ccccc2c(=O)n1-c1ccc(CC)cc1. The van der Waals surface area contributed by atoms with Crippen molar-refractivity contribution >= 4 is 16.8 Å². The fraction of sp³-hybridized carbons (Fsp3) is 0.559. The highest BCUT2D eigenvalue weighted by Crippen LogP contribution is 2.25. The highest BCUT2D eigenvalue weighted by atomic mass is 16.2. The average Bonchev–Trinajstić information content (AvgIpc) is 2.96. The molecule has 1 atom stereocenters. The number of carbonyl (C=O) groups excluding carboxylic acids is 1. The summed E-state index contributed by atoms with van der Waals surface area (Å²) in [5.74, 6) is 0.786. The van der Waals surface area contributed by atoms with Crippen LogP contribution in [0.5, 0.6) is 0 Å². The molecule has 0 aliphatic heterocycles. The molecule has 1 amide bonds. The van der Waals surface area contributed by atoms with Gasteiger partial charge in [-0.15, -0.1) is 0 Å². The number of unbranched alkanes of at least 4 members (excludes halogenated alkanes) is 9. The largest absolute Gasteiger partial charge is 0.333 e. The van der Waals surface area contributed by atoms with Crippen molar-refractivity contribution in [1.29, 1.82) is 0 Å². The molecule has 0 saturated carbocycles. The van der Waals surface area contributed by atoms with Crippen LogP contribution in [-0.2, 0) is 11.2 Å². The van der Waals surface area contributed by atoms with Gasteiger partial charge >= 0.3 is 0 Å². The van der Waals surface area contributed by atoms with Gasteiger partial charge in [-0.25, -0.2) is 4.98 Å². The first-order valence-corrected chi connectivity index (χ1v) is 15.4. The number of aryl methyl sites for hydroxylation is 1. The second-order valence-corrected chi connectivity index (χ2v) is 10.8. The number of hydrogen-bond donors (Lipinski definition) is 0. The second-order valence-electron chi connectivity index (χ2n) is 10.8. The highest BCUT2D eigenvalue weighted by Gasteiger charge is 2.26. The number of carbonyl (C=O) groups is 1. The zero-order valence-corrected chi connectivity index (χ0v) is 24.8. The van der Waals surface area contributed by atoms with Crippen molar-refractivity contribution < 1.29 is 4.79 Å². The van der Waals surface area contributed by atoms with Crippen molar-refractivity contribution in [3.63, 3.8) is 0 Å². The average molecular weight is 532 g/mol. The lowest BCUT2D eigenvalue weighted by atomic mass is 10.1. The van der Waals surface area contributed by atoms with E-state index >= 15 is 0 Å². The van der Waals surface area contributed by atoms with E-state index in [4.69, 9.17) is 4.98 Å². The Hall–Kier alpha value is -2.95. The van der Waals surface area contributed by atoms with E-state index in [0.717, 1.165) is 37.8 Å². The van der Waals surface area contributed by atoms with Crippen LogP contribution < -0.4 is 5.56 Å². The van der Waals surface area contributed by atoms with Gasteiger partial charge in [-0.05, 0) is 56.0 Å². The Bertz CT molecular complexity index is 1220. The Labute approximate surface area is 235 Å². The van der Waals surface area contributed by atoms with E-state index in [1.165, 1.54) is 50.5 Å². The number of hydrogen-bond acceptors (Lipinski definition) is 3. The number of aromatic nitrogens is 2. The molecule has 2 aromatic carbocycles. The van der Waals surface area contributed by atoms with Crippen LogP contribution in [0.15, 0.2) is 53.3 Å². The summed E-state index contributed by atoms with van der Waals surface area (Å²) in [6, 6.07) is 15.3. The lowest BCUT2D eigenvalue weighted by molar-refractivity contribution is -0.133. The van der Waals surface area contributed by atoms with Gasteiger partial charge in [-0.2, -0.15) is 0 Å². The van der Waals surface area contributed by atoms with E-state index in [1.54, 1.807) is 4.57 Å². The minimum atomic E-state index is -0.314. The lowest BCUT2D eigenvalue weighted by Crippen LogP contribution is -2.38. The Morgan fingerprint density at radius 3 is 2.08 bits per heavy atom. The van der Waals surface area contributed by atoms with Crippen LogP contribution >= 0.6 is 0 Å². The van der Waals surface area contributed by atoms with Gasteiger partial charge in [0.05, 0.1) is 22.6 Å². The number of nitrogens with zero attached hydrogens (tertiary/aromatic N) is 3. The standard InChI is InChI=1S/C34H49N3O2/c1-5-8-10-11-12-13-14-15-16-21-32(38)36(26-9-6-2)27(4)33-35-31-20-18-17-19-30(31)34(39)37(33)29-24-22-28(7-3)23-25-29/h17-20,22-25,27H,5-16,21,26H2,1-4H3. The summed E-state index contributed by atoms with van der Waals surface area (Å²) in [4.78, 5) is 34.3. The summed E-state index contributed by atoms with van der Waals surface area (Å²) in [6.45, 7) is 9.22. The van der Waals surface area contributed by atoms with Crippen molar-refractivity contribution in [3.05, 3.63) is 70.3 Å². The summed E-state index contributed by atoms with van der Waals surface area (Å²) in [5.41, 5.74) is 2.59. The zero-order valence-electron chi connectivity index (χ0n) is 24.8. The number of fused-ring (bicyclic) bond motifs is 1. The van der Waals surface area contributed by atoms with Crippen molar-refractivity contribution in [2.75, 3.05) is 6.54 Å². The maximum absolute atomic E-state index is 13.8. The molecule has 0 N–H and O–H groups in total. The Kier molecular flexibility index (Phi) is 12.7. The van der Waals surface area contributed by atoms with Gasteiger partial charge in [-0.1, -0.05) is 103 Å². The molecule has 3 aromatic rings. The van der Waals surface area contributed by atoms with Crippen LogP contribution in [0.4, 0.5) is 0 Å². The van der Waals surface area contributed by atoms with E-state index in [9.17, 15) is 9.59 Å². The van der Waals surface area contributed by atoms with Gasteiger partial charge in [0, 0.05) is 13.0 Å². The molecule has 0 fully saturated rings. The molecule has 0 bridgehead atoms. The lowest BCUT2D eigenvalue weighted by Gasteiger charge is -2.31. The molecule has 0 spiro atoms. The molecule has 212 valence electrons. The van der Waals surface area contributed by atoms with Gasteiger partial charge in [0.2, 0.25) is 5.91 Å². The summed E-state index contributed by atoms with van der Waals surface area (Å²) >= 11 is 0. The number of rotatable bonds is 17. The summed E-state index contributed by atoms with van der Waals surface area (Å²) in [5, 5.41) is 0.592. The second kappa shape index (κ2) is 16.2. The molecule has 0 radical (unpaired) electrons. The fourth-order valence-electron chi connectivity index (χ4n) is 5.29. The molecule has 0 aliphatic rings. The van der Waals surface area contributed by atoms with E-state index in [1.807, 2.05) is 48.2 Å². The predicted octanol–water partition coefficient (Wildman–Crippen LogP) is 8.56. The number of amides is 1. The summed E-state index contributed by atoms with van der Waals surface area (Å²) in [7, 11) is 0. The first kappa shape index (κ1) is 30.6. The smallest absolute Gasteiger partial charge is 0.266 e. The van der Waals surface area contributed by atoms with Crippen LogP contribution in [0.3, 0.4) is 0 Å². The maximum Gasteiger partial charge on any atom is 0.266 e. The minimum Gasteiger partial charge on any atom is -0.333 e. The summed E-state index contributed by atoms with van der Waals surface area (Å²) < 4.78 is 1.72. The van der Waals surface area contributed by atoms with Crippen molar-refractivity contribution in [3.8, 4) is 5.69 Å². The zero-order chi connectivity index (χ0) is 28.0. The molecular formula is C34H49N3O2. The molecular weight excluding hydrogens is 482 g/mol. The van der Waals surface area contributed by atoms with E-state index in [-0.39, 0.29) is 17.5 Å². The van der Waals surface area contributed by atoms with Gasteiger partial charge < -0.3 is 4.90 Å². The van der Waals surface area contributed by atoms with Crippen LogP contribution in [0.25, 0.3) is 16.6 Å². The molecule has 1 unspecified atom stereocenters. The third-order valence-electron chi connectivity index (χ3n) is 7.81. The van der Waals surface area contributed by atoms with E-state index in [2.05, 4.69) is 32.9 Å². The molecule has 0 aliphatic carbocycles. The normalized spacial score (nSPS) is 12.1. The van der Waals surface area contributed by atoms with Crippen LogP contribution in [-0.4, -0.2) is 26.9 Å². The first-order chi connectivity index (χ1) is 19.0. The Morgan fingerprint density at radius 2 is 1.44 bits per heavy atom. The monoisotopic (exact) mass is 531 g/mol. The molecule has 0 saturated heterocycles. The minimum absolute atomic E-state index is 0.0893. The third kappa shape index (κ3) is 8.52. The van der Waals surface area contributed by atoms with E-state index < -0.39 is 0 Å². The van der Waals surface area contributed by atoms with Crippen LogP contribution in [0.2, 0.25) is 0 Å². The van der Waals surface area contributed by atoms with Gasteiger partial charge in [0.25, 0.3) is 5.56 Å². The molecule has 1 heterocycles. The molecule has 5 heteroatoms. The first-order valence-electron chi connectivity index (χ1n) is 15.4.